The first kappa shape index (κ1) is 14.9. The molecular formula is C16H22O5. The van der Waals surface area contributed by atoms with E-state index in [1.807, 2.05) is 18.2 Å². The Morgan fingerprint density at radius 2 is 1.95 bits per heavy atom. The molecule has 2 aliphatic rings. The van der Waals surface area contributed by atoms with Crippen LogP contribution in [0, 0.1) is 0 Å². The molecule has 0 spiro atoms. The predicted molar refractivity (Wildman–Crippen MR) is 75.7 cm³/mol. The van der Waals surface area contributed by atoms with Gasteiger partial charge in [0.2, 0.25) is 0 Å². The summed E-state index contributed by atoms with van der Waals surface area (Å²) in [5, 5.41) is 9.13. The second kappa shape index (κ2) is 6.85. The number of aliphatic hydroxyl groups excluding tert-OH is 1. The number of benzene rings is 1. The highest BCUT2D eigenvalue weighted by atomic mass is 16.8. The lowest BCUT2D eigenvalue weighted by Crippen LogP contribution is -2.38. The third kappa shape index (κ3) is 3.62. The van der Waals surface area contributed by atoms with E-state index in [0.29, 0.717) is 26.4 Å². The SMILES string of the molecule is OC[C@@H]1O[C@@H]1C1(CCCOCc2ccccc2)OCCO1. The second-order valence-corrected chi connectivity index (χ2v) is 5.43. The molecule has 0 aromatic heterocycles. The van der Waals surface area contributed by atoms with Crippen LogP contribution in [-0.2, 0) is 25.6 Å². The lowest BCUT2D eigenvalue weighted by Gasteiger charge is -2.25. The van der Waals surface area contributed by atoms with Crippen LogP contribution in [0.5, 0.6) is 0 Å². The first-order chi connectivity index (χ1) is 10.3. The van der Waals surface area contributed by atoms with Gasteiger partial charge in [-0.2, -0.15) is 0 Å². The zero-order chi connectivity index (χ0) is 14.5. The van der Waals surface area contributed by atoms with E-state index in [4.69, 9.17) is 24.1 Å². The third-order valence-corrected chi connectivity index (χ3v) is 3.90. The molecule has 0 unspecified atom stereocenters. The van der Waals surface area contributed by atoms with Crippen LogP contribution in [0.25, 0.3) is 0 Å². The largest absolute Gasteiger partial charge is 0.394 e. The van der Waals surface area contributed by atoms with Crippen molar-refractivity contribution in [3.63, 3.8) is 0 Å². The normalized spacial score (nSPS) is 26.9. The Morgan fingerprint density at radius 1 is 1.19 bits per heavy atom. The Hall–Kier alpha value is -0.980. The number of rotatable bonds is 8. The molecule has 2 heterocycles. The summed E-state index contributed by atoms with van der Waals surface area (Å²) in [6.45, 7) is 2.46. The van der Waals surface area contributed by atoms with E-state index >= 15 is 0 Å². The van der Waals surface area contributed by atoms with Crippen molar-refractivity contribution in [2.45, 2.75) is 37.4 Å². The molecule has 2 fully saturated rings. The van der Waals surface area contributed by atoms with E-state index in [9.17, 15) is 0 Å². The minimum absolute atomic E-state index is 0.0175. The Kier molecular flexibility index (Phi) is 4.87. The van der Waals surface area contributed by atoms with E-state index in [1.165, 1.54) is 5.56 Å². The Morgan fingerprint density at radius 3 is 2.62 bits per heavy atom. The quantitative estimate of drug-likeness (QED) is 0.581. The van der Waals surface area contributed by atoms with Gasteiger partial charge in [0.05, 0.1) is 26.4 Å². The molecule has 5 heteroatoms. The lowest BCUT2D eigenvalue weighted by atomic mass is 10.0. The van der Waals surface area contributed by atoms with Crippen LogP contribution < -0.4 is 0 Å². The van der Waals surface area contributed by atoms with Gasteiger partial charge >= 0.3 is 0 Å². The summed E-state index contributed by atoms with van der Waals surface area (Å²) in [5.41, 5.74) is 1.17. The summed E-state index contributed by atoms with van der Waals surface area (Å²) < 4.78 is 22.6. The zero-order valence-electron chi connectivity index (χ0n) is 12.1. The maximum Gasteiger partial charge on any atom is 0.197 e. The van der Waals surface area contributed by atoms with Crippen LogP contribution in [0.4, 0.5) is 0 Å². The Bertz CT molecular complexity index is 430. The molecule has 2 atom stereocenters. The molecule has 0 aliphatic carbocycles. The average Bonchev–Trinajstić information content (AvgIpc) is 3.19. The van der Waals surface area contributed by atoms with Crippen LogP contribution >= 0.6 is 0 Å². The number of epoxide rings is 1. The molecule has 1 N–H and O–H groups in total. The van der Waals surface area contributed by atoms with Crippen LogP contribution in [0.2, 0.25) is 0 Å². The van der Waals surface area contributed by atoms with E-state index in [1.54, 1.807) is 0 Å². The van der Waals surface area contributed by atoms with E-state index in [-0.39, 0.29) is 18.8 Å². The van der Waals surface area contributed by atoms with Gasteiger partial charge in [0.1, 0.15) is 12.2 Å². The van der Waals surface area contributed by atoms with Crippen molar-refractivity contribution in [2.24, 2.45) is 0 Å². The van der Waals surface area contributed by atoms with Crippen molar-refractivity contribution in [3.05, 3.63) is 35.9 Å². The van der Waals surface area contributed by atoms with Crippen molar-refractivity contribution in [3.8, 4) is 0 Å². The highest BCUT2D eigenvalue weighted by Crippen LogP contribution is 2.41. The minimum atomic E-state index is -0.677. The monoisotopic (exact) mass is 294 g/mol. The van der Waals surface area contributed by atoms with Crippen LogP contribution in [-0.4, -0.2) is 49.5 Å². The third-order valence-electron chi connectivity index (χ3n) is 3.90. The highest BCUT2D eigenvalue weighted by Gasteiger charge is 2.58. The van der Waals surface area contributed by atoms with Crippen LogP contribution in [0.1, 0.15) is 18.4 Å². The summed E-state index contributed by atoms with van der Waals surface area (Å²) in [6, 6.07) is 10.1. The number of hydrogen-bond donors (Lipinski definition) is 1. The molecule has 1 aromatic carbocycles. The minimum Gasteiger partial charge on any atom is -0.394 e. The lowest BCUT2D eigenvalue weighted by molar-refractivity contribution is -0.178. The smallest absolute Gasteiger partial charge is 0.197 e. The molecule has 1 aromatic rings. The number of hydrogen-bond acceptors (Lipinski definition) is 5. The van der Waals surface area contributed by atoms with Gasteiger partial charge in [-0.05, 0) is 12.0 Å². The summed E-state index contributed by atoms with van der Waals surface area (Å²) in [4.78, 5) is 0. The molecule has 0 bridgehead atoms. The van der Waals surface area contributed by atoms with E-state index in [2.05, 4.69) is 12.1 Å². The summed E-state index contributed by atoms with van der Waals surface area (Å²) in [5.74, 6) is -0.677. The number of aliphatic hydroxyl groups is 1. The van der Waals surface area contributed by atoms with Gasteiger partial charge in [0.25, 0.3) is 0 Å². The maximum atomic E-state index is 9.13. The molecule has 21 heavy (non-hydrogen) atoms. The number of ether oxygens (including phenoxy) is 4. The van der Waals surface area contributed by atoms with Crippen molar-refractivity contribution < 1.29 is 24.1 Å². The van der Waals surface area contributed by atoms with Gasteiger partial charge in [0, 0.05) is 13.0 Å². The maximum absolute atomic E-state index is 9.13. The van der Waals surface area contributed by atoms with Gasteiger partial charge in [-0.1, -0.05) is 30.3 Å². The molecule has 0 amide bonds. The molecule has 0 saturated carbocycles. The molecule has 0 radical (unpaired) electrons. The van der Waals surface area contributed by atoms with Crippen molar-refractivity contribution in [2.75, 3.05) is 26.4 Å². The van der Waals surface area contributed by atoms with Gasteiger partial charge in [-0.3, -0.25) is 0 Å². The zero-order valence-corrected chi connectivity index (χ0v) is 12.1. The summed E-state index contributed by atoms with van der Waals surface area (Å²) >= 11 is 0. The van der Waals surface area contributed by atoms with E-state index in [0.717, 1.165) is 12.8 Å². The van der Waals surface area contributed by atoms with Crippen LogP contribution in [0.3, 0.4) is 0 Å². The molecule has 116 valence electrons. The molecular weight excluding hydrogens is 272 g/mol. The molecule has 5 nitrogen and oxygen atoms in total. The molecule has 3 rings (SSSR count). The first-order valence-electron chi connectivity index (χ1n) is 7.50. The standard InChI is InChI=1S/C16H22O5/c17-11-14-15(21-14)16(19-9-10-20-16)7-4-8-18-12-13-5-2-1-3-6-13/h1-3,5-6,14-15,17H,4,7-12H2/t14-,15-/m0/s1. The van der Waals surface area contributed by atoms with Crippen LogP contribution in [0.15, 0.2) is 30.3 Å². The second-order valence-electron chi connectivity index (χ2n) is 5.43. The summed E-state index contributed by atoms with van der Waals surface area (Å²) in [7, 11) is 0. The Balaban J connectivity index is 1.39. The predicted octanol–water partition coefficient (Wildman–Crippen LogP) is 1.49. The molecule has 2 saturated heterocycles. The average molecular weight is 294 g/mol. The van der Waals surface area contributed by atoms with Gasteiger partial charge < -0.3 is 24.1 Å². The van der Waals surface area contributed by atoms with Crippen molar-refractivity contribution in [1.29, 1.82) is 0 Å². The Labute approximate surface area is 124 Å². The van der Waals surface area contributed by atoms with Crippen molar-refractivity contribution in [1.82, 2.24) is 0 Å². The first-order valence-corrected chi connectivity index (χ1v) is 7.50. The van der Waals surface area contributed by atoms with Gasteiger partial charge in [-0.15, -0.1) is 0 Å². The topological polar surface area (TPSA) is 60.5 Å². The van der Waals surface area contributed by atoms with Gasteiger partial charge in [0.15, 0.2) is 5.79 Å². The fourth-order valence-corrected chi connectivity index (χ4v) is 2.77. The van der Waals surface area contributed by atoms with Gasteiger partial charge in [-0.25, -0.2) is 0 Å². The summed E-state index contributed by atoms with van der Waals surface area (Å²) in [6.07, 6.45) is 1.28. The van der Waals surface area contributed by atoms with Crippen molar-refractivity contribution >= 4 is 0 Å². The van der Waals surface area contributed by atoms with E-state index < -0.39 is 5.79 Å². The fourth-order valence-electron chi connectivity index (χ4n) is 2.77. The highest BCUT2D eigenvalue weighted by molar-refractivity contribution is 5.13. The molecule has 2 aliphatic heterocycles. The fraction of sp³-hybridized carbons (Fsp3) is 0.625.